The van der Waals surface area contributed by atoms with Crippen LogP contribution in [0.3, 0.4) is 0 Å². The van der Waals surface area contributed by atoms with Gasteiger partial charge in [-0.25, -0.2) is 15.0 Å². The Bertz CT molecular complexity index is 1720. The summed E-state index contributed by atoms with van der Waals surface area (Å²) in [5, 5.41) is 8.76. The Kier molecular flexibility index (Phi) is 5.28. The van der Waals surface area contributed by atoms with E-state index in [2.05, 4.69) is 59.3 Å². The van der Waals surface area contributed by atoms with Gasteiger partial charge < -0.3 is 9.55 Å². The monoisotopic (exact) mass is 489 g/mol. The number of H-pyrrole nitrogens is 2. The number of nitrogens with zero attached hydrogens (tertiary/aromatic N) is 7. The molecule has 1 aromatic carbocycles. The summed E-state index contributed by atoms with van der Waals surface area (Å²) in [5.41, 5.74) is 8.55. The Balaban J connectivity index is 1.26. The van der Waals surface area contributed by atoms with Crippen LogP contribution in [-0.4, -0.2) is 57.7 Å². The Morgan fingerprint density at radius 3 is 2.76 bits per heavy atom. The predicted molar refractivity (Wildman–Crippen MR) is 143 cm³/mol. The topological polar surface area (TPSA) is 104 Å². The Morgan fingerprint density at radius 1 is 0.973 bits per heavy atom. The number of hydrogen-bond acceptors (Lipinski definition) is 6. The summed E-state index contributed by atoms with van der Waals surface area (Å²) in [7, 11) is 0. The number of aryl methyl sites for hydroxylation is 1. The van der Waals surface area contributed by atoms with Gasteiger partial charge in [-0.15, -0.1) is 0 Å². The molecule has 0 radical (unpaired) electrons. The highest BCUT2D eigenvalue weighted by Crippen LogP contribution is 2.31. The number of piperidine rings is 1. The molecular formula is C28H27N9. The highest BCUT2D eigenvalue weighted by Gasteiger charge is 2.17. The molecule has 9 heteroatoms. The Hall–Kier alpha value is -4.37. The van der Waals surface area contributed by atoms with E-state index < -0.39 is 0 Å². The zero-order valence-electron chi connectivity index (χ0n) is 20.6. The van der Waals surface area contributed by atoms with Crippen molar-refractivity contribution in [2.24, 2.45) is 0 Å². The standard InChI is InChI=1S/C28H27N9/c1-18-15-37(17-31-18)24-7-8-30-27-26(24)32-28(33-27)25-22-12-20(5-6-23(22)34-35-25)21-11-19(13-29-14-21)16-36-9-3-2-4-10-36/h5-8,11-15,17H,2-4,9-10,16H2,1H3,(H,34,35)(H,30,32,33). The van der Waals surface area contributed by atoms with Gasteiger partial charge in [0, 0.05) is 42.3 Å². The van der Waals surface area contributed by atoms with Crippen molar-refractivity contribution < 1.29 is 0 Å². The molecule has 1 saturated heterocycles. The lowest BCUT2D eigenvalue weighted by atomic mass is 10.0. The average molecular weight is 490 g/mol. The molecule has 1 fully saturated rings. The van der Waals surface area contributed by atoms with E-state index in [4.69, 9.17) is 4.98 Å². The largest absolute Gasteiger partial charge is 0.333 e. The van der Waals surface area contributed by atoms with Crippen LogP contribution in [0.15, 0.2) is 61.4 Å². The first kappa shape index (κ1) is 21.9. The van der Waals surface area contributed by atoms with Crippen LogP contribution < -0.4 is 0 Å². The quantitative estimate of drug-likeness (QED) is 0.351. The normalized spacial score (nSPS) is 14.6. The molecule has 1 aliphatic rings. The number of aromatic amines is 2. The van der Waals surface area contributed by atoms with Gasteiger partial charge in [-0.05, 0) is 68.2 Å². The summed E-state index contributed by atoms with van der Waals surface area (Å²) >= 11 is 0. The van der Waals surface area contributed by atoms with Crippen molar-refractivity contribution in [1.82, 2.24) is 44.6 Å². The van der Waals surface area contributed by atoms with Crippen LogP contribution in [0.2, 0.25) is 0 Å². The summed E-state index contributed by atoms with van der Waals surface area (Å²) in [5.74, 6) is 0.673. The molecule has 0 saturated carbocycles. The van der Waals surface area contributed by atoms with E-state index in [1.54, 1.807) is 12.5 Å². The molecule has 2 N–H and O–H groups in total. The summed E-state index contributed by atoms with van der Waals surface area (Å²) < 4.78 is 1.98. The lowest BCUT2D eigenvalue weighted by molar-refractivity contribution is 0.220. The van der Waals surface area contributed by atoms with E-state index >= 15 is 0 Å². The number of fused-ring (bicyclic) bond motifs is 2. The molecule has 0 aliphatic carbocycles. The fraction of sp³-hybridized carbons (Fsp3) is 0.250. The second-order valence-electron chi connectivity index (χ2n) is 9.79. The predicted octanol–water partition coefficient (Wildman–Crippen LogP) is 5.04. The third-order valence-corrected chi connectivity index (χ3v) is 7.13. The molecule has 0 spiro atoms. The Labute approximate surface area is 213 Å². The number of rotatable bonds is 5. The third kappa shape index (κ3) is 4.07. The minimum absolute atomic E-state index is 0.640. The maximum atomic E-state index is 4.78. The molecule has 0 bridgehead atoms. The van der Waals surface area contributed by atoms with Crippen LogP contribution >= 0.6 is 0 Å². The second-order valence-corrected chi connectivity index (χ2v) is 9.79. The van der Waals surface area contributed by atoms with Crippen LogP contribution in [-0.2, 0) is 6.54 Å². The number of benzene rings is 1. The fourth-order valence-corrected chi connectivity index (χ4v) is 5.26. The zero-order valence-corrected chi connectivity index (χ0v) is 20.6. The van der Waals surface area contributed by atoms with E-state index in [-0.39, 0.29) is 0 Å². The van der Waals surface area contributed by atoms with Gasteiger partial charge in [-0.2, -0.15) is 5.10 Å². The van der Waals surface area contributed by atoms with Crippen molar-refractivity contribution in [3.63, 3.8) is 0 Å². The van der Waals surface area contributed by atoms with Crippen LogP contribution in [0.1, 0.15) is 30.5 Å². The molecule has 5 aromatic heterocycles. The minimum atomic E-state index is 0.640. The van der Waals surface area contributed by atoms with Gasteiger partial charge in [0.1, 0.15) is 11.2 Å². The molecule has 0 unspecified atom stereocenters. The molecule has 6 aromatic rings. The maximum Gasteiger partial charge on any atom is 0.180 e. The summed E-state index contributed by atoms with van der Waals surface area (Å²) in [4.78, 5) is 24.2. The van der Waals surface area contributed by atoms with Gasteiger partial charge in [0.05, 0.1) is 23.2 Å². The molecule has 9 nitrogen and oxygen atoms in total. The number of aromatic nitrogens is 8. The van der Waals surface area contributed by atoms with Gasteiger partial charge in [0.2, 0.25) is 0 Å². The van der Waals surface area contributed by atoms with Gasteiger partial charge in [-0.3, -0.25) is 15.0 Å². The highest BCUT2D eigenvalue weighted by molar-refractivity contribution is 5.96. The van der Waals surface area contributed by atoms with Crippen LogP contribution in [0.25, 0.3) is 50.4 Å². The first-order valence-corrected chi connectivity index (χ1v) is 12.7. The van der Waals surface area contributed by atoms with E-state index in [0.29, 0.717) is 11.5 Å². The van der Waals surface area contributed by atoms with Crippen molar-refractivity contribution in [3.05, 3.63) is 72.7 Å². The highest BCUT2D eigenvalue weighted by atomic mass is 15.1. The third-order valence-electron chi connectivity index (χ3n) is 7.13. The van der Waals surface area contributed by atoms with Crippen molar-refractivity contribution >= 4 is 22.1 Å². The summed E-state index contributed by atoms with van der Waals surface area (Å²) in [6, 6.07) is 10.6. The smallest absolute Gasteiger partial charge is 0.180 e. The molecule has 37 heavy (non-hydrogen) atoms. The first-order valence-electron chi connectivity index (χ1n) is 12.7. The van der Waals surface area contributed by atoms with Crippen molar-refractivity contribution in [3.8, 4) is 28.3 Å². The van der Waals surface area contributed by atoms with Crippen molar-refractivity contribution in [2.45, 2.75) is 32.7 Å². The number of likely N-dealkylation sites (tertiary alicyclic amines) is 1. The van der Waals surface area contributed by atoms with Crippen LogP contribution in [0, 0.1) is 6.92 Å². The molecule has 7 rings (SSSR count). The number of pyridine rings is 2. The van der Waals surface area contributed by atoms with Crippen molar-refractivity contribution in [1.29, 1.82) is 0 Å². The van der Waals surface area contributed by atoms with E-state index in [1.807, 2.05) is 36.1 Å². The summed E-state index contributed by atoms with van der Waals surface area (Å²) in [6.45, 7) is 5.26. The second kappa shape index (κ2) is 8.94. The van der Waals surface area contributed by atoms with E-state index in [0.717, 1.165) is 51.2 Å². The number of imidazole rings is 2. The fourth-order valence-electron chi connectivity index (χ4n) is 5.26. The van der Waals surface area contributed by atoms with Crippen molar-refractivity contribution in [2.75, 3.05) is 13.1 Å². The molecule has 184 valence electrons. The average Bonchev–Trinajstić information content (AvgIpc) is 3.66. The van der Waals surface area contributed by atoms with Gasteiger partial charge in [0.25, 0.3) is 0 Å². The molecular weight excluding hydrogens is 462 g/mol. The minimum Gasteiger partial charge on any atom is -0.333 e. The summed E-state index contributed by atoms with van der Waals surface area (Å²) in [6.07, 6.45) is 13.4. The first-order chi connectivity index (χ1) is 18.2. The SMILES string of the molecule is Cc1cn(-c2ccnc3nc(-c4n[nH]c5ccc(-c6cncc(CN7CCCCC7)c6)cc45)[nH]c23)cn1. The van der Waals surface area contributed by atoms with E-state index in [1.165, 1.54) is 37.9 Å². The lowest BCUT2D eigenvalue weighted by Crippen LogP contribution is -2.29. The molecule has 0 amide bonds. The van der Waals surface area contributed by atoms with E-state index in [9.17, 15) is 0 Å². The molecule has 6 heterocycles. The molecule has 0 atom stereocenters. The number of nitrogens with one attached hydrogen (secondary N) is 2. The van der Waals surface area contributed by atoms with Gasteiger partial charge in [-0.1, -0.05) is 12.5 Å². The Morgan fingerprint density at radius 2 is 1.89 bits per heavy atom. The number of hydrogen-bond donors (Lipinski definition) is 2. The maximum absolute atomic E-state index is 4.78. The van der Waals surface area contributed by atoms with Crippen LogP contribution in [0.5, 0.6) is 0 Å². The zero-order chi connectivity index (χ0) is 24.8. The lowest BCUT2D eigenvalue weighted by Gasteiger charge is -2.26. The van der Waals surface area contributed by atoms with Gasteiger partial charge in [0.15, 0.2) is 11.5 Å². The molecule has 1 aliphatic heterocycles. The van der Waals surface area contributed by atoms with Crippen LogP contribution in [0.4, 0.5) is 0 Å². The van der Waals surface area contributed by atoms with Gasteiger partial charge >= 0.3 is 0 Å².